The molecular weight excluding hydrogens is 585 g/mol. The van der Waals surface area contributed by atoms with Crippen LogP contribution in [0.3, 0.4) is 0 Å². The Morgan fingerprint density at radius 2 is 1.82 bits per heavy atom. The molecule has 1 aromatic carbocycles. The third-order valence-corrected chi connectivity index (χ3v) is 9.57. The maximum Gasteiger partial charge on any atom is 0.417 e. The van der Waals surface area contributed by atoms with Crippen LogP contribution in [-0.4, -0.2) is 57.1 Å². The molecular formula is C27H30ClF3N4O3S2. The lowest BCUT2D eigenvalue weighted by Gasteiger charge is -2.45. The van der Waals surface area contributed by atoms with Gasteiger partial charge in [0, 0.05) is 36.7 Å². The minimum absolute atomic E-state index is 0.0972. The molecule has 2 aliphatic heterocycles. The predicted octanol–water partition coefficient (Wildman–Crippen LogP) is 6.85. The zero-order chi connectivity index (χ0) is 29.1. The van der Waals surface area contributed by atoms with Crippen molar-refractivity contribution in [1.29, 1.82) is 0 Å². The molecule has 4 heterocycles. The first-order valence-corrected chi connectivity index (χ1v) is 15.2. The number of halogens is 4. The van der Waals surface area contributed by atoms with Gasteiger partial charge in [0.05, 0.1) is 33.1 Å². The van der Waals surface area contributed by atoms with E-state index in [9.17, 15) is 22.8 Å². The van der Waals surface area contributed by atoms with E-state index in [2.05, 4.69) is 4.98 Å². The van der Waals surface area contributed by atoms with E-state index < -0.39 is 34.1 Å². The molecule has 2 aliphatic rings. The molecule has 1 unspecified atom stereocenters. The Kier molecular flexibility index (Phi) is 7.58. The van der Waals surface area contributed by atoms with Crippen molar-refractivity contribution in [3.63, 3.8) is 0 Å². The van der Waals surface area contributed by atoms with Crippen LogP contribution in [0.25, 0.3) is 10.9 Å². The number of carbonyl (C=O) groups excluding carboxylic acids is 1. The Morgan fingerprint density at radius 3 is 2.40 bits per heavy atom. The second-order valence-electron chi connectivity index (χ2n) is 11.3. The molecule has 1 amide bonds. The highest BCUT2D eigenvalue weighted by Gasteiger charge is 2.40. The summed E-state index contributed by atoms with van der Waals surface area (Å²) in [5.41, 5.74) is -0.796. The molecule has 1 fully saturated rings. The first-order valence-electron chi connectivity index (χ1n) is 12.9. The van der Waals surface area contributed by atoms with Crippen LogP contribution in [-0.2, 0) is 17.5 Å². The largest absolute Gasteiger partial charge is 0.444 e. The minimum Gasteiger partial charge on any atom is -0.444 e. The van der Waals surface area contributed by atoms with Gasteiger partial charge in [0.1, 0.15) is 11.4 Å². The van der Waals surface area contributed by atoms with Crippen molar-refractivity contribution in [2.24, 2.45) is 0 Å². The van der Waals surface area contributed by atoms with Crippen LogP contribution in [0.5, 0.6) is 0 Å². The smallest absolute Gasteiger partial charge is 0.417 e. The number of thioether (sulfide) groups is 1. The lowest BCUT2D eigenvalue weighted by molar-refractivity contribution is -0.137. The first-order chi connectivity index (χ1) is 18.7. The Labute approximate surface area is 243 Å². The van der Waals surface area contributed by atoms with Gasteiger partial charge in [-0.15, -0.1) is 11.8 Å². The van der Waals surface area contributed by atoms with E-state index in [1.54, 1.807) is 30.6 Å². The van der Waals surface area contributed by atoms with E-state index in [0.717, 1.165) is 11.6 Å². The van der Waals surface area contributed by atoms with Crippen molar-refractivity contribution in [3.05, 3.63) is 49.5 Å². The Morgan fingerprint density at radius 1 is 1.15 bits per heavy atom. The molecule has 2 aromatic heterocycles. The number of anilines is 1. The van der Waals surface area contributed by atoms with E-state index in [4.69, 9.17) is 16.3 Å². The van der Waals surface area contributed by atoms with Gasteiger partial charge in [0.25, 0.3) is 0 Å². The third-order valence-electron chi connectivity index (χ3n) is 7.11. The summed E-state index contributed by atoms with van der Waals surface area (Å²) in [6.45, 7) is 9.85. The quantitative estimate of drug-likeness (QED) is 0.314. The average Bonchev–Trinajstić information content (AvgIpc) is 3.28. The predicted molar refractivity (Wildman–Crippen MR) is 153 cm³/mol. The maximum atomic E-state index is 14.2. The number of nitrogens with zero attached hydrogens (tertiary/aromatic N) is 4. The number of benzene rings is 1. The van der Waals surface area contributed by atoms with Gasteiger partial charge >= 0.3 is 18.0 Å². The summed E-state index contributed by atoms with van der Waals surface area (Å²) < 4.78 is 49.7. The zero-order valence-corrected chi connectivity index (χ0v) is 25.1. The number of carbonyl (C=O) groups is 1. The maximum absolute atomic E-state index is 14.2. The van der Waals surface area contributed by atoms with E-state index in [1.807, 2.05) is 30.7 Å². The first kappa shape index (κ1) is 29.1. The molecule has 0 N–H and O–H groups in total. The van der Waals surface area contributed by atoms with Gasteiger partial charge in [-0.1, -0.05) is 11.6 Å². The van der Waals surface area contributed by atoms with Crippen molar-refractivity contribution >= 4 is 57.5 Å². The van der Waals surface area contributed by atoms with Crippen LogP contribution in [0.4, 0.5) is 23.8 Å². The van der Waals surface area contributed by atoms with E-state index in [-0.39, 0.29) is 53.7 Å². The van der Waals surface area contributed by atoms with Gasteiger partial charge in [-0.2, -0.15) is 29.5 Å². The number of alkyl halides is 3. The molecule has 7 nitrogen and oxygen atoms in total. The molecule has 216 valence electrons. The number of rotatable bonds is 2. The molecule has 13 heteroatoms. The molecule has 3 aromatic rings. The van der Waals surface area contributed by atoms with E-state index in [0.29, 0.717) is 11.3 Å². The summed E-state index contributed by atoms with van der Waals surface area (Å²) in [4.78, 5) is 34.5. The highest BCUT2D eigenvalue weighted by molar-refractivity contribution is 7.99. The summed E-state index contributed by atoms with van der Waals surface area (Å²) >= 11 is 9.18. The highest BCUT2D eigenvalue weighted by atomic mass is 35.5. The molecule has 3 atom stereocenters. The molecule has 0 aliphatic carbocycles. The molecule has 5 rings (SSSR count). The van der Waals surface area contributed by atoms with Crippen LogP contribution in [0, 0.1) is 0 Å². The number of aromatic nitrogens is 2. The van der Waals surface area contributed by atoms with Gasteiger partial charge in [0.2, 0.25) is 0 Å². The second-order valence-corrected chi connectivity index (χ2v) is 13.5. The standard InChI is InChI=1S/C27H30ClF3N4O3S2/c1-14-9-33(10-15(2)35(14)25(37)38-26(3,4)5)23-18-8-19(27(29,30)31)20(28)22-21(18)34(24(36)32-23)11-17(13-40-22)16-6-7-39-12-16/h6-8,12,14-15,17H,9-11,13H2,1-5H3/t14-,15+,17?. The Balaban J connectivity index is 1.63. The van der Waals surface area contributed by atoms with Crippen molar-refractivity contribution in [2.75, 3.05) is 23.7 Å². The fourth-order valence-corrected chi connectivity index (χ4v) is 7.87. The van der Waals surface area contributed by atoms with Gasteiger partial charge in [-0.3, -0.25) is 9.47 Å². The summed E-state index contributed by atoms with van der Waals surface area (Å²) in [7, 11) is 0. The van der Waals surface area contributed by atoms with Crippen molar-refractivity contribution < 1.29 is 22.7 Å². The number of ether oxygens (including phenoxy) is 1. The molecule has 40 heavy (non-hydrogen) atoms. The fourth-order valence-electron chi connectivity index (χ4n) is 5.45. The SMILES string of the molecule is C[C@@H]1CN(c2nc(=O)n3c4c(c(Cl)c(C(F)(F)F)cc24)SCC(c2ccsc2)C3)C[C@H](C)N1C(=O)OC(C)(C)C. The normalized spacial score (nSPS) is 22.0. The van der Waals surface area contributed by atoms with Crippen LogP contribution >= 0.6 is 34.7 Å². The van der Waals surface area contributed by atoms with Gasteiger partial charge in [-0.05, 0) is 63.1 Å². The van der Waals surface area contributed by atoms with Crippen molar-refractivity contribution in [2.45, 2.75) is 75.8 Å². The third kappa shape index (κ3) is 5.42. The Hall–Kier alpha value is -2.44. The lowest BCUT2D eigenvalue weighted by atomic mass is 10.0. The number of piperazine rings is 1. The number of thiophene rings is 1. The Bertz CT molecular complexity index is 1490. The summed E-state index contributed by atoms with van der Waals surface area (Å²) in [5, 5.41) is 3.74. The van der Waals surface area contributed by atoms with Crippen molar-refractivity contribution in [3.8, 4) is 0 Å². The minimum atomic E-state index is -4.70. The van der Waals surface area contributed by atoms with Gasteiger partial charge in [0.15, 0.2) is 0 Å². The van der Waals surface area contributed by atoms with Gasteiger partial charge in [-0.25, -0.2) is 9.59 Å². The summed E-state index contributed by atoms with van der Waals surface area (Å²) in [5.74, 6) is 0.531. The van der Waals surface area contributed by atoms with Crippen molar-refractivity contribution in [1.82, 2.24) is 14.5 Å². The molecule has 0 radical (unpaired) electrons. The molecule has 0 saturated carbocycles. The lowest BCUT2D eigenvalue weighted by Crippen LogP contribution is -2.59. The average molecular weight is 615 g/mol. The second kappa shape index (κ2) is 10.4. The summed E-state index contributed by atoms with van der Waals surface area (Å²) in [6, 6.07) is 2.28. The van der Waals surface area contributed by atoms with E-state index >= 15 is 0 Å². The topological polar surface area (TPSA) is 67.7 Å². The highest BCUT2D eigenvalue weighted by Crippen LogP contribution is 2.47. The fraction of sp³-hybridized carbons (Fsp3) is 0.519. The monoisotopic (exact) mass is 614 g/mol. The van der Waals surface area contributed by atoms with Crippen LogP contribution in [0.2, 0.25) is 5.02 Å². The number of amides is 1. The summed E-state index contributed by atoms with van der Waals surface area (Å²) in [6.07, 6.45) is -5.16. The van der Waals surface area contributed by atoms with Crippen LogP contribution in [0.15, 0.2) is 32.6 Å². The van der Waals surface area contributed by atoms with E-state index in [1.165, 1.54) is 27.7 Å². The molecule has 0 spiro atoms. The number of hydrogen-bond donors (Lipinski definition) is 0. The molecule has 1 saturated heterocycles. The molecule has 0 bridgehead atoms. The zero-order valence-electron chi connectivity index (χ0n) is 22.7. The van der Waals surface area contributed by atoms with Crippen LogP contribution in [0.1, 0.15) is 51.7 Å². The van der Waals surface area contributed by atoms with Crippen LogP contribution < -0.4 is 10.6 Å². The van der Waals surface area contributed by atoms with Gasteiger partial charge < -0.3 is 9.64 Å². The number of hydrogen-bond acceptors (Lipinski definition) is 7.